The fourth-order valence-corrected chi connectivity index (χ4v) is 21.2. The number of benzene rings is 2. The summed E-state index contributed by atoms with van der Waals surface area (Å²) >= 11 is -0.558. The van der Waals surface area contributed by atoms with Crippen LogP contribution in [0.4, 0.5) is 26.3 Å². The molecule has 0 aliphatic rings. The van der Waals surface area contributed by atoms with Gasteiger partial charge in [0.1, 0.15) is 11.5 Å². The van der Waals surface area contributed by atoms with Crippen molar-refractivity contribution in [1.82, 2.24) is 20.4 Å². The van der Waals surface area contributed by atoms with Gasteiger partial charge in [0.25, 0.3) is 0 Å². The molecule has 48 heavy (non-hydrogen) atoms. The second-order valence-corrected chi connectivity index (χ2v) is 25.6. The Morgan fingerprint density at radius 1 is 0.625 bits per heavy atom. The Labute approximate surface area is 295 Å². The minimum atomic E-state index is -4.44. The maximum atomic E-state index is 12.5. The molecule has 6 nitrogen and oxygen atoms in total. The van der Waals surface area contributed by atoms with Crippen LogP contribution >= 0.6 is 22.6 Å². The second-order valence-electron chi connectivity index (χ2n) is 11.2. The van der Waals surface area contributed by atoms with E-state index >= 15 is 0 Å². The molecule has 0 saturated carbocycles. The Morgan fingerprint density at radius 2 is 1.10 bits per heavy atom. The number of unbranched alkanes of at least 4 members (excludes halogenated alkanes) is 3. The summed E-state index contributed by atoms with van der Waals surface area (Å²) in [7, 11) is 0. The van der Waals surface area contributed by atoms with E-state index in [0.717, 1.165) is 36.4 Å². The average Bonchev–Trinajstić information content (AvgIpc) is 3.06. The number of aromatic hydroxyl groups is 2. The minimum absolute atomic E-state index is 0.0784. The summed E-state index contributed by atoms with van der Waals surface area (Å²) in [5.74, 6) is -0.366. The molecule has 0 fully saturated rings. The first-order chi connectivity index (χ1) is 22.7. The number of halogens is 7. The number of nitrogens with zero attached hydrogens (tertiary/aromatic N) is 4. The molecule has 0 unspecified atom stereocenters. The number of phenolic OH excluding ortho intramolecular Hbond substituents is 2. The monoisotopic (exact) mass is 898 g/mol. The molecule has 0 aliphatic carbocycles. The van der Waals surface area contributed by atoms with Gasteiger partial charge in [-0.3, -0.25) is 0 Å². The molecular formula is C34H41F6IN4O2Sn. The van der Waals surface area contributed by atoms with E-state index < -0.39 is 41.9 Å². The number of aromatic nitrogens is 4. The van der Waals surface area contributed by atoms with Gasteiger partial charge in [-0.25, -0.2) is 0 Å². The Bertz CT molecular complexity index is 1490. The third-order valence-corrected chi connectivity index (χ3v) is 24.1. The van der Waals surface area contributed by atoms with Crippen LogP contribution in [0.25, 0.3) is 11.1 Å². The smallest absolute Gasteiger partial charge is 0.416 e. The van der Waals surface area contributed by atoms with Crippen LogP contribution in [-0.4, -0.2) is 49.0 Å². The van der Waals surface area contributed by atoms with Gasteiger partial charge in [-0.1, -0.05) is 0 Å². The third-order valence-electron chi connectivity index (χ3n) is 7.72. The summed E-state index contributed by atoms with van der Waals surface area (Å²) in [6, 6.07) is 9.25. The summed E-state index contributed by atoms with van der Waals surface area (Å²) in [5.41, 5.74) is -1.11. The number of phenols is 2. The zero-order chi connectivity index (χ0) is 35.8. The molecule has 0 bridgehead atoms. The molecule has 0 radical (unpaired) electrons. The number of rotatable bonds is 11. The van der Waals surface area contributed by atoms with Gasteiger partial charge < -0.3 is 10.2 Å². The fourth-order valence-electron chi connectivity index (χ4n) is 5.03. The summed E-state index contributed by atoms with van der Waals surface area (Å²) in [6.07, 6.45) is 6.06. The van der Waals surface area contributed by atoms with E-state index in [4.69, 9.17) is 5.11 Å². The van der Waals surface area contributed by atoms with Crippen molar-refractivity contribution < 1.29 is 36.6 Å². The van der Waals surface area contributed by atoms with E-state index in [1.54, 1.807) is 26.2 Å². The predicted octanol–water partition coefficient (Wildman–Crippen LogP) is 10.4. The molecule has 0 atom stereocenters. The van der Waals surface area contributed by atoms with Gasteiger partial charge in [0.05, 0.1) is 27.1 Å². The molecule has 14 heteroatoms. The fraction of sp³-hybridized carbons (Fsp3) is 0.412. The quantitative estimate of drug-likeness (QED) is 0.0885. The Morgan fingerprint density at radius 3 is 1.52 bits per heavy atom. The molecule has 0 saturated heterocycles. The maximum Gasteiger partial charge on any atom is 0.416 e. The van der Waals surface area contributed by atoms with E-state index in [9.17, 15) is 31.4 Å². The summed E-state index contributed by atoms with van der Waals surface area (Å²) < 4.78 is 79.9. The van der Waals surface area contributed by atoms with E-state index in [2.05, 4.69) is 53.4 Å². The van der Waals surface area contributed by atoms with Crippen LogP contribution in [-0.2, 0) is 12.4 Å². The molecule has 2 N–H and O–H groups in total. The molecule has 0 spiro atoms. The first-order valence-electron chi connectivity index (χ1n) is 15.7. The van der Waals surface area contributed by atoms with Crippen molar-refractivity contribution in [1.29, 1.82) is 0 Å². The largest absolute Gasteiger partial charge is 0.507 e. The van der Waals surface area contributed by atoms with Crippen molar-refractivity contribution in [3.05, 3.63) is 88.0 Å². The van der Waals surface area contributed by atoms with Gasteiger partial charge in [0.2, 0.25) is 0 Å². The molecule has 2 aromatic carbocycles. The predicted molar refractivity (Wildman–Crippen MR) is 187 cm³/mol. The van der Waals surface area contributed by atoms with Gasteiger partial charge in [0.15, 0.2) is 0 Å². The minimum Gasteiger partial charge on any atom is -0.507 e. The number of alkyl halides is 6. The van der Waals surface area contributed by atoms with Crippen LogP contribution < -0.4 is 3.58 Å². The van der Waals surface area contributed by atoms with E-state index in [0.29, 0.717) is 5.56 Å². The van der Waals surface area contributed by atoms with Crippen LogP contribution in [0.15, 0.2) is 73.3 Å². The summed E-state index contributed by atoms with van der Waals surface area (Å²) in [5, 5.41) is 33.7. The van der Waals surface area contributed by atoms with Crippen LogP contribution in [0.5, 0.6) is 11.5 Å². The van der Waals surface area contributed by atoms with Crippen molar-refractivity contribution in [2.24, 2.45) is 0 Å². The normalized spacial score (nSPS) is 11.6. The van der Waals surface area contributed by atoms with Gasteiger partial charge >= 0.3 is 136 Å². The molecule has 0 amide bonds. The van der Waals surface area contributed by atoms with Crippen molar-refractivity contribution in [3.8, 4) is 22.6 Å². The molecule has 2 heterocycles. The van der Waals surface area contributed by atoms with Crippen molar-refractivity contribution in [2.45, 2.75) is 85.0 Å². The Balaban J connectivity index is 0.000000256. The summed E-state index contributed by atoms with van der Waals surface area (Å²) in [4.78, 5) is 0. The molecular weight excluding hydrogens is 856 g/mol. The van der Waals surface area contributed by atoms with Crippen molar-refractivity contribution in [2.75, 3.05) is 0 Å². The average molecular weight is 897 g/mol. The van der Waals surface area contributed by atoms with Crippen LogP contribution in [0, 0.1) is 3.57 Å². The van der Waals surface area contributed by atoms with Crippen LogP contribution in [0.3, 0.4) is 0 Å². The van der Waals surface area contributed by atoms with Crippen molar-refractivity contribution >= 4 is 44.5 Å². The van der Waals surface area contributed by atoms with E-state index in [1.165, 1.54) is 70.3 Å². The maximum absolute atomic E-state index is 12.5. The van der Waals surface area contributed by atoms with Gasteiger partial charge in [-0.2, -0.15) is 36.5 Å². The molecule has 4 aromatic rings. The van der Waals surface area contributed by atoms with E-state index in [-0.39, 0.29) is 20.6 Å². The van der Waals surface area contributed by atoms with Gasteiger partial charge in [-0.05, 0) is 65.1 Å². The van der Waals surface area contributed by atoms with Crippen molar-refractivity contribution in [3.63, 3.8) is 0 Å². The zero-order valence-electron chi connectivity index (χ0n) is 27.1. The second kappa shape index (κ2) is 20.1. The third kappa shape index (κ3) is 13.3. The van der Waals surface area contributed by atoms with Gasteiger partial charge in [-0.15, -0.1) is 0 Å². The van der Waals surface area contributed by atoms with Gasteiger partial charge in [0, 0.05) is 11.1 Å². The summed E-state index contributed by atoms with van der Waals surface area (Å²) in [6.45, 7) is 6.96. The molecule has 4 rings (SSSR count). The van der Waals surface area contributed by atoms with Crippen LogP contribution in [0.1, 0.15) is 70.4 Å². The first kappa shape index (κ1) is 41.5. The Kier molecular flexibility index (Phi) is 17.4. The standard InChI is InChI=1S/C11H7F3N2O.C7H4F3IO.C4H3N2.3C4H9.Sn/c12-11(13,14)8-1-2-10(17)9(5-8)7-3-4-15-16-6-7;8-7(9,10)4-1-2-6(12)5(11)3-4;1-2-4-6-5-3-1;3*1-3-4-2;/h1-6,17H;1-3,12H;1,3-4H;3*1,3-4H2,2H3;. The molecule has 0 aliphatic heterocycles. The topological polar surface area (TPSA) is 92.0 Å². The first-order valence-corrected chi connectivity index (χ1v) is 24.2. The Hall–Kier alpha value is -2.69. The SMILES string of the molecule is CCC[CH2][Sn]([CH2]CCC)([CH2]CCC)[c]1ccnnc1.Oc1ccc(C(F)(F)F)cc1-c1ccnnc1.Oc1ccc(C(F)(F)F)cc1I. The van der Waals surface area contributed by atoms with Crippen LogP contribution in [0.2, 0.25) is 13.3 Å². The molecule has 2 aromatic heterocycles. The van der Waals surface area contributed by atoms with E-state index in [1.807, 2.05) is 6.20 Å². The molecule has 262 valence electrons. The number of hydrogen-bond donors (Lipinski definition) is 2. The zero-order valence-corrected chi connectivity index (χ0v) is 32.1. The number of hydrogen-bond acceptors (Lipinski definition) is 6.